The summed E-state index contributed by atoms with van der Waals surface area (Å²) < 4.78 is 23.3. The summed E-state index contributed by atoms with van der Waals surface area (Å²) in [7, 11) is 0. The Kier molecular flexibility index (Phi) is 5.77. The number of nitriles is 1. The van der Waals surface area contributed by atoms with Crippen molar-refractivity contribution in [1.29, 1.82) is 5.26 Å². The Bertz CT molecular complexity index is 1030. The van der Waals surface area contributed by atoms with Gasteiger partial charge in [-0.1, -0.05) is 17.3 Å². The number of carbonyl (C=O) groups excluding carboxylic acids is 1. The number of ether oxygens (including phenoxy) is 1. The lowest BCUT2D eigenvalue weighted by Crippen LogP contribution is -2.13. The highest BCUT2D eigenvalue weighted by atomic mass is 19.1. The maximum Gasteiger partial charge on any atom is 0.266 e. The largest absolute Gasteiger partial charge is 0.485 e. The van der Waals surface area contributed by atoms with E-state index in [1.165, 1.54) is 30.3 Å². The number of aryl methyl sites for hydroxylation is 1. The molecule has 7 nitrogen and oxygen atoms in total. The van der Waals surface area contributed by atoms with Gasteiger partial charge in [0.05, 0.1) is 0 Å². The number of nitrogens with zero attached hydrogens (tertiary/aromatic N) is 3. The van der Waals surface area contributed by atoms with Gasteiger partial charge in [-0.05, 0) is 48.0 Å². The van der Waals surface area contributed by atoms with E-state index in [0.29, 0.717) is 28.7 Å². The van der Waals surface area contributed by atoms with Gasteiger partial charge in [0, 0.05) is 12.6 Å². The van der Waals surface area contributed by atoms with E-state index in [4.69, 9.17) is 9.26 Å². The molecular formula is C20H15FN4O3. The van der Waals surface area contributed by atoms with E-state index in [1.807, 2.05) is 6.07 Å². The van der Waals surface area contributed by atoms with Crippen molar-refractivity contribution < 1.29 is 18.4 Å². The van der Waals surface area contributed by atoms with Crippen LogP contribution in [0.15, 0.2) is 58.6 Å². The minimum Gasteiger partial charge on any atom is -0.485 e. The molecule has 0 saturated carbocycles. The van der Waals surface area contributed by atoms with Gasteiger partial charge in [-0.25, -0.2) is 4.39 Å². The molecular weight excluding hydrogens is 363 g/mol. The second-order valence-corrected chi connectivity index (χ2v) is 5.72. The van der Waals surface area contributed by atoms with E-state index in [0.717, 1.165) is 0 Å². The summed E-state index contributed by atoms with van der Waals surface area (Å²) in [4.78, 5) is 16.3. The summed E-state index contributed by atoms with van der Waals surface area (Å²) in [6, 6.07) is 14.0. The fourth-order valence-electron chi connectivity index (χ4n) is 2.26. The van der Waals surface area contributed by atoms with Crippen LogP contribution in [0.5, 0.6) is 5.75 Å². The van der Waals surface area contributed by atoms with Gasteiger partial charge < -0.3 is 14.6 Å². The summed E-state index contributed by atoms with van der Waals surface area (Å²) >= 11 is 0. The zero-order chi connectivity index (χ0) is 19.9. The van der Waals surface area contributed by atoms with Crippen molar-refractivity contribution >= 4 is 17.7 Å². The van der Waals surface area contributed by atoms with Crippen molar-refractivity contribution in [3.63, 3.8) is 0 Å². The lowest BCUT2D eigenvalue weighted by Gasteiger charge is -2.05. The Labute approximate surface area is 160 Å². The molecule has 0 atom stereocenters. The molecule has 1 N–H and O–H groups in total. The van der Waals surface area contributed by atoms with Crippen molar-refractivity contribution in [2.75, 3.05) is 5.32 Å². The van der Waals surface area contributed by atoms with Gasteiger partial charge in [0.25, 0.3) is 5.91 Å². The molecule has 0 unspecified atom stereocenters. The molecule has 0 spiro atoms. The number of amides is 1. The minimum atomic E-state index is -0.582. The van der Waals surface area contributed by atoms with E-state index >= 15 is 0 Å². The molecule has 0 fully saturated rings. The standard InChI is InChI=1S/C20H15FN4O3/c1-13-23-19(25-28-13)12-27-18-8-2-14(3-9-18)10-15(11-22)20(26)24-17-6-4-16(21)5-7-17/h2-10H,12H2,1H3,(H,24,26)/b15-10-. The monoisotopic (exact) mass is 378 g/mol. The SMILES string of the molecule is Cc1nc(COc2ccc(/C=C(/C#N)C(=O)Nc3ccc(F)cc3)cc2)no1. The molecule has 0 aliphatic carbocycles. The van der Waals surface area contributed by atoms with Crippen molar-refractivity contribution in [3.05, 3.63) is 77.2 Å². The Balaban J connectivity index is 1.64. The smallest absolute Gasteiger partial charge is 0.266 e. The highest BCUT2D eigenvalue weighted by Crippen LogP contribution is 2.17. The van der Waals surface area contributed by atoms with E-state index < -0.39 is 11.7 Å². The quantitative estimate of drug-likeness (QED) is 0.519. The van der Waals surface area contributed by atoms with Crippen molar-refractivity contribution in [1.82, 2.24) is 10.1 Å². The molecule has 1 heterocycles. The van der Waals surface area contributed by atoms with E-state index in [2.05, 4.69) is 15.5 Å². The van der Waals surface area contributed by atoms with Gasteiger partial charge >= 0.3 is 0 Å². The lowest BCUT2D eigenvalue weighted by atomic mass is 10.1. The molecule has 0 aliphatic heterocycles. The van der Waals surface area contributed by atoms with Gasteiger partial charge in [0.15, 0.2) is 6.61 Å². The van der Waals surface area contributed by atoms with E-state index in [-0.39, 0.29) is 12.2 Å². The second-order valence-electron chi connectivity index (χ2n) is 5.72. The number of anilines is 1. The number of benzene rings is 2. The molecule has 28 heavy (non-hydrogen) atoms. The predicted molar refractivity (Wildman–Crippen MR) is 98.4 cm³/mol. The van der Waals surface area contributed by atoms with Crippen LogP contribution in [-0.2, 0) is 11.4 Å². The summed E-state index contributed by atoms with van der Waals surface area (Å²) in [5.41, 5.74) is 0.960. The topological polar surface area (TPSA) is 101 Å². The number of aromatic nitrogens is 2. The Hall–Kier alpha value is -3.99. The van der Waals surface area contributed by atoms with Gasteiger partial charge in [0.2, 0.25) is 11.7 Å². The molecule has 3 aromatic rings. The lowest BCUT2D eigenvalue weighted by molar-refractivity contribution is -0.112. The number of hydrogen-bond donors (Lipinski definition) is 1. The first-order chi connectivity index (χ1) is 13.5. The number of rotatable bonds is 6. The molecule has 8 heteroatoms. The number of carbonyl (C=O) groups is 1. The molecule has 0 aliphatic rings. The van der Waals surface area contributed by atoms with Gasteiger partial charge in [-0.15, -0.1) is 0 Å². The molecule has 2 aromatic carbocycles. The van der Waals surface area contributed by atoms with Crippen LogP contribution in [0.2, 0.25) is 0 Å². The third kappa shape index (κ3) is 5.02. The van der Waals surface area contributed by atoms with Crippen molar-refractivity contribution in [2.45, 2.75) is 13.5 Å². The van der Waals surface area contributed by atoms with Gasteiger partial charge in [-0.2, -0.15) is 10.2 Å². The molecule has 1 amide bonds. The molecule has 140 valence electrons. The summed E-state index contributed by atoms with van der Waals surface area (Å²) in [6.07, 6.45) is 1.45. The van der Waals surface area contributed by atoms with Crippen LogP contribution < -0.4 is 10.1 Å². The maximum atomic E-state index is 12.9. The van der Waals surface area contributed by atoms with Crippen molar-refractivity contribution in [3.8, 4) is 11.8 Å². The first kappa shape index (κ1) is 18.8. The zero-order valence-electron chi connectivity index (χ0n) is 14.8. The highest BCUT2D eigenvalue weighted by Gasteiger charge is 2.10. The molecule has 0 saturated heterocycles. The van der Waals surface area contributed by atoms with Crippen LogP contribution in [0, 0.1) is 24.1 Å². The highest BCUT2D eigenvalue weighted by molar-refractivity contribution is 6.09. The summed E-state index contributed by atoms with van der Waals surface area (Å²) in [6.45, 7) is 1.85. The normalized spacial score (nSPS) is 11.0. The van der Waals surface area contributed by atoms with Crippen LogP contribution in [0.4, 0.5) is 10.1 Å². The Morgan fingerprint density at radius 2 is 1.96 bits per heavy atom. The molecule has 3 rings (SSSR count). The Morgan fingerprint density at radius 3 is 2.57 bits per heavy atom. The maximum absolute atomic E-state index is 12.9. The Morgan fingerprint density at radius 1 is 1.25 bits per heavy atom. The van der Waals surface area contributed by atoms with Crippen LogP contribution in [-0.4, -0.2) is 16.0 Å². The van der Waals surface area contributed by atoms with Gasteiger partial charge in [0.1, 0.15) is 23.2 Å². The molecule has 1 aromatic heterocycles. The van der Waals surface area contributed by atoms with E-state index in [9.17, 15) is 14.4 Å². The van der Waals surface area contributed by atoms with Crippen LogP contribution in [0.25, 0.3) is 6.08 Å². The summed E-state index contributed by atoms with van der Waals surface area (Å²) in [5.74, 6) is 0.481. The number of nitrogens with one attached hydrogen (secondary N) is 1. The first-order valence-electron chi connectivity index (χ1n) is 8.24. The predicted octanol–water partition coefficient (Wildman–Crippen LogP) is 3.64. The van der Waals surface area contributed by atoms with Crippen LogP contribution >= 0.6 is 0 Å². The number of hydrogen-bond acceptors (Lipinski definition) is 6. The van der Waals surface area contributed by atoms with Crippen molar-refractivity contribution in [2.24, 2.45) is 0 Å². The number of halogens is 1. The average Bonchev–Trinajstić information content (AvgIpc) is 3.12. The fraction of sp³-hybridized carbons (Fsp3) is 0.100. The minimum absolute atomic E-state index is 0.0831. The second kappa shape index (κ2) is 8.60. The molecule has 0 radical (unpaired) electrons. The zero-order valence-corrected chi connectivity index (χ0v) is 14.8. The van der Waals surface area contributed by atoms with Crippen LogP contribution in [0.1, 0.15) is 17.3 Å². The van der Waals surface area contributed by atoms with Crippen LogP contribution in [0.3, 0.4) is 0 Å². The van der Waals surface area contributed by atoms with E-state index in [1.54, 1.807) is 31.2 Å². The third-order valence-electron chi connectivity index (χ3n) is 3.60. The fourth-order valence-corrected chi connectivity index (χ4v) is 2.26. The first-order valence-corrected chi connectivity index (χ1v) is 8.24. The molecule has 0 bridgehead atoms. The summed E-state index contributed by atoms with van der Waals surface area (Å²) in [5, 5.41) is 15.5. The third-order valence-corrected chi connectivity index (χ3v) is 3.60. The van der Waals surface area contributed by atoms with Gasteiger partial charge in [-0.3, -0.25) is 4.79 Å². The average molecular weight is 378 g/mol.